The van der Waals surface area contributed by atoms with E-state index in [1.165, 1.54) is 4.57 Å². The molecule has 0 saturated carbocycles. The fraction of sp³-hybridized carbons (Fsp3) is 0.231. The normalized spacial score (nSPS) is 12.8. The molecule has 4 aromatic rings. The van der Waals surface area contributed by atoms with E-state index in [1.54, 1.807) is 49.4 Å². The largest absolute Gasteiger partial charge is 0.430 e. The summed E-state index contributed by atoms with van der Waals surface area (Å²) in [4.78, 5) is 18.2. The van der Waals surface area contributed by atoms with Crippen molar-refractivity contribution in [2.45, 2.75) is 38.2 Å². The zero-order chi connectivity index (χ0) is 26.5. The van der Waals surface area contributed by atoms with Crippen LogP contribution in [0, 0.1) is 13.8 Å². The zero-order valence-corrected chi connectivity index (χ0v) is 19.1. The summed E-state index contributed by atoms with van der Waals surface area (Å²) in [6, 6.07) is 15.4. The number of aromatic nitrogens is 2. The standard InChI is InChI=1S/C26H20F6N2O2/c1-15-12-16(2)22-20(13-15)33-21(14-17-6-4-3-5-7-17)34(23(22)35)19-10-8-18(9-11-19)24(36,25(27,28)29)26(30,31)32/h3-13,36H,14H2,1-2H3. The van der Waals surface area contributed by atoms with Crippen molar-refractivity contribution in [3.05, 3.63) is 105 Å². The molecule has 4 nitrogen and oxygen atoms in total. The molecule has 1 aromatic heterocycles. The van der Waals surface area contributed by atoms with Crippen LogP contribution in [0.5, 0.6) is 0 Å². The molecule has 0 aliphatic heterocycles. The maximum atomic E-state index is 13.6. The van der Waals surface area contributed by atoms with Gasteiger partial charge in [-0.15, -0.1) is 0 Å². The van der Waals surface area contributed by atoms with E-state index < -0.39 is 29.1 Å². The van der Waals surface area contributed by atoms with Gasteiger partial charge in [-0.3, -0.25) is 9.36 Å². The van der Waals surface area contributed by atoms with Crippen LogP contribution in [0.3, 0.4) is 0 Å². The molecule has 1 N–H and O–H groups in total. The lowest BCUT2D eigenvalue weighted by Gasteiger charge is -2.32. The number of benzene rings is 3. The van der Waals surface area contributed by atoms with E-state index in [1.807, 2.05) is 6.92 Å². The van der Waals surface area contributed by atoms with Gasteiger partial charge in [-0.25, -0.2) is 4.98 Å². The second-order valence-corrected chi connectivity index (χ2v) is 8.56. The van der Waals surface area contributed by atoms with Gasteiger partial charge in [0.05, 0.1) is 16.6 Å². The number of alkyl halides is 6. The molecule has 188 valence electrons. The van der Waals surface area contributed by atoms with E-state index in [4.69, 9.17) is 0 Å². The van der Waals surface area contributed by atoms with Gasteiger partial charge in [0.2, 0.25) is 0 Å². The monoisotopic (exact) mass is 506 g/mol. The third-order valence-electron chi connectivity index (χ3n) is 5.95. The van der Waals surface area contributed by atoms with Crippen LogP contribution in [0.15, 0.2) is 71.5 Å². The summed E-state index contributed by atoms with van der Waals surface area (Å²) in [6.07, 6.45) is -11.8. The predicted molar refractivity (Wildman–Crippen MR) is 122 cm³/mol. The van der Waals surface area contributed by atoms with Crippen LogP contribution in [0.1, 0.15) is 28.1 Å². The number of rotatable bonds is 4. The first-order valence-electron chi connectivity index (χ1n) is 10.8. The molecule has 0 aliphatic rings. The van der Waals surface area contributed by atoms with Crippen LogP contribution in [-0.4, -0.2) is 27.0 Å². The third-order valence-corrected chi connectivity index (χ3v) is 5.95. The Kier molecular flexibility index (Phi) is 6.20. The lowest BCUT2D eigenvalue weighted by atomic mass is 9.92. The van der Waals surface area contributed by atoms with Crippen molar-refractivity contribution in [3.63, 3.8) is 0 Å². The second-order valence-electron chi connectivity index (χ2n) is 8.56. The van der Waals surface area contributed by atoms with Gasteiger partial charge in [0.15, 0.2) is 0 Å². The summed E-state index contributed by atoms with van der Waals surface area (Å²) >= 11 is 0. The smallest absolute Gasteiger partial charge is 0.369 e. The first-order valence-corrected chi connectivity index (χ1v) is 10.8. The molecule has 0 fully saturated rings. The summed E-state index contributed by atoms with van der Waals surface area (Å²) < 4.78 is 80.9. The van der Waals surface area contributed by atoms with Crippen molar-refractivity contribution >= 4 is 10.9 Å². The van der Waals surface area contributed by atoms with Gasteiger partial charge in [0.1, 0.15) is 5.82 Å². The topological polar surface area (TPSA) is 55.1 Å². The Labute approximate surface area is 201 Å². The molecule has 0 radical (unpaired) electrons. The Morgan fingerprint density at radius 3 is 2.00 bits per heavy atom. The van der Waals surface area contributed by atoms with Crippen LogP contribution in [0.4, 0.5) is 26.3 Å². The highest BCUT2D eigenvalue weighted by Gasteiger charge is 2.71. The molecule has 10 heteroatoms. The van der Waals surface area contributed by atoms with Gasteiger partial charge >= 0.3 is 12.4 Å². The highest BCUT2D eigenvalue weighted by Crippen LogP contribution is 2.50. The lowest BCUT2D eigenvalue weighted by Crippen LogP contribution is -2.53. The van der Waals surface area contributed by atoms with Gasteiger partial charge in [-0.05, 0) is 48.7 Å². The first kappa shape index (κ1) is 25.4. The Bertz CT molecular complexity index is 1460. The maximum absolute atomic E-state index is 13.6. The number of nitrogens with zero attached hydrogens (tertiary/aromatic N) is 2. The van der Waals surface area contributed by atoms with Crippen molar-refractivity contribution in [3.8, 4) is 5.69 Å². The summed E-state index contributed by atoms with van der Waals surface area (Å²) in [5, 5.41) is 9.98. The molecule has 0 spiro atoms. The molecule has 3 aromatic carbocycles. The van der Waals surface area contributed by atoms with Crippen molar-refractivity contribution < 1.29 is 31.4 Å². The summed E-state index contributed by atoms with van der Waals surface area (Å²) in [7, 11) is 0. The number of aliphatic hydroxyl groups is 1. The van der Waals surface area contributed by atoms with E-state index in [0.717, 1.165) is 23.3 Å². The maximum Gasteiger partial charge on any atom is 0.430 e. The Hall–Kier alpha value is -3.66. The van der Waals surface area contributed by atoms with Gasteiger partial charge in [-0.1, -0.05) is 48.5 Å². The summed E-state index contributed by atoms with van der Waals surface area (Å²) in [6.45, 7) is 3.56. The molecule has 0 bridgehead atoms. The molecular formula is C26H20F6N2O2. The Morgan fingerprint density at radius 1 is 0.861 bits per heavy atom. The van der Waals surface area contributed by atoms with Gasteiger partial charge in [0, 0.05) is 12.0 Å². The van der Waals surface area contributed by atoms with Crippen molar-refractivity contribution in [2.75, 3.05) is 0 Å². The van der Waals surface area contributed by atoms with E-state index in [-0.39, 0.29) is 23.3 Å². The van der Waals surface area contributed by atoms with Crippen LogP contribution in [-0.2, 0) is 12.0 Å². The third kappa shape index (κ3) is 4.26. The molecule has 1 heterocycles. The van der Waals surface area contributed by atoms with Gasteiger partial charge in [-0.2, -0.15) is 26.3 Å². The van der Waals surface area contributed by atoms with E-state index in [9.17, 15) is 36.2 Å². The van der Waals surface area contributed by atoms with Gasteiger partial charge in [0.25, 0.3) is 11.2 Å². The van der Waals surface area contributed by atoms with Crippen LogP contribution in [0.25, 0.3) is 16.6 Å². The average Bonchev–Trinajstić information content (AvgIpc) is 2.77. The number of hydrogen-bond acceptors (Lipinski definition) is 3. The van der Waals surface area contributed by atoms with Gasteiger partial charge < -0.3 is 5.11 Å². The van der Waals surface area contributed by atoms with E-state index in [2.05, 4.69) is 4.98 Å². The highest BCUT2D eigenvalue weighted by molar-refractivity contribution is 5.82. The van der Waals surface area contributed by atoms with Crippen LogP contribution < -0.4 is 5.56 Å². The van der Waals surface area contributed by atoms with Crippen molar-refractivity contribution in [1.82, 2.24) is 9.55 Å². The van der Waals surface area contributed by atoms with Crippen molar-refractivity contribution in [2.24, 2.45) is 0 Å². The number of aryl methyl sites for hydroxylation is 2. The van der Waals surface area contributed by atoms with Crippen LogP contribution >= 0.6 is 0 Å². The fourth-order valence-electron chi connectivity index (χ4n) is 4.23. The minimum atomic E-state index is -6.01. The quantitative estimate of drug-likeness (QED) is 0.351. The molecular weight excluding hydrogens is 486 g/mol. The second kappa shape index (κ2) is 8.77. The Morgan fingerprint density at radius 2 is 1.44 bits per heavy atom. The molecule has 0 atom stereocenters. The molecule has 4 rings (SSSR count). The predicted octanol–water partition coefficient (Wildman–Crippen LogP) is 5.91. The molecule has 0 aliphatic carbocycles. The SMILES string of the molecule is Cc1cc(C)c2c(=O)n(-c3ccc(C(O)(C(F)(F)F)C(F)(F)F)cc3)c(Cc3ccccc3)nc2c1. The minimum absolute atomic E-state index is 0.00996. The van der Waals surface area contributed by atoms with Crippen molar-refractivity contribution in [1.29, 1.82) is 0 Å². The summed E-state index contributed by atoms with van der Waals surface area (Å²) in [5.41, 5.74) is -4.26. The zero-order valence-electron chi connectivity index (χ0n) is 19.1. The average molecular weight is 506 g/mol. The molecule has 0 unspecified atom stereocenters. The number of fused-ring (bicyclic) bond motifs is 1. The highest BCUT2D eigenvalue weighted by atomic mass is 19.4. The van der Waals surface area contributed by atoms with E-state index in [0.29, 0.717) is 23.2 Å². The minimum Gasteiger partial charge on any atom is -0.369 e. The Balaban J connectivity index is 1.94. The van der Waals surface area contributed by atoms with E-state index >= 15 is 0 Å². The molecule has 0 saturated heterocycles. The molecule has 0 amide bonds. The van der Waals surface area contributed by atoms with Crippen LogP contribution in [0.2, 0.25) is 0 Å². The summed E-state index contributed by atoms with van der Waals surface area (Å²) in [5.74, 6) is 0.248. The number of hydrogen-bond donors (Lipinski definition) is 1. The fourth-order valence-corrected chi connectivity index (χ4v) is 4.23. The lowest BCUT2D eigenvalue weighted by molar-refractivity contribution is -0.376. The first-order chi connectivity index (χ1) is 16.7. The molecule has 36 heavy (non-hydrogen) atoms. The number of halogens is 6.